The highest BCUT2D eigenvalue weighted by atomic mass is 79.9. The molecule has 0 saturated heterocycles. The van der Waals surface area contributed by atoms with Gasteiger partial charge in [-0.1, -0.05) is 22.0 Å². The van der Waals surface area contributed by atoms with E-state index < -0.39 is 0 Å². The fourth-order valence-corrected chi connectivity index (χ4v) is 2.59. The summed E-state index contributed by atoms with van der Waals surface area (Å²) < 4.78 is 8.57. The zero-order valence-electron chi connectivity index (χ0n) is 9.92. The first kappa shape index (κ1) is 12.3. The molecule has 96 valence electrons. The Morgan fingerprint density at radius 3 is 2.95 bits per heavy atom. The Kier molecular flexibility index (Phi) is 3.08. The largest absolute Gasteiger partial charge is 0.479 e. The van der Waals surface area contributed by atoms with E-state index in [0.717, 1.165) is 10.2 Å². The SMILES string of the molecule is COc1ncnc2c1[nH]c(=S)n2-c1cccc(Br)c1. The van der Waals surface area contributed by atoms with Crippen molar-refractivity contribution < 1.29 is 4.74 Å². The third-order valence-electron chi connectivity index (χ3n) is 2.70. The minimum absolute atomic E-state index is 0.477. The molecule has 0 spiro atoms. The van der Waals surface area contributed by atoms with Crippen molar-refractivity contribution >= 4 is 39.3 Å². The summed E-state index contributed by atoms with van der Waals surface area (Å²) in [6.07, 6.45) is 1.46. The molecule has 0 aliphatic heterocycles. The molecule has 0 radical (unpaired) electrons. The first-order chi connectivity index (χ1) is 9.20. The maximum atomic E-state index is 5.35. The van der Waals surface area contributed by atoms with Gasteiger partial charge in [0, 0.05) is 4.47 Å². The molecule has 7 heteroatoms. The Morgan fingerprint density at radius 1 is 1.37 bits per heavy atom. The Balaban J connectivity index is 2.36. The number of H-pyrrole nitrogens is 1. The average molecular weight is 337 g/mol. The highest BCUT2D eigenvalue weighted by molar-refractivity contribution is 9.10. The van der Waals surface area contributed by atoms with Crippen LogP contribution in [0.5, 0.6) is 5.88 Å². The fourth-order valence-electron chi connectivity index (χ4n) is 1.91. The minimum atomic E-state index is 0.477. The molecule has 5 nitrogen and oxygen atoms in total. The van der Waals surface area contributed by atoms with E-state index in [4.69, 9.17) is 17.0 Å². The predicted octanol–water partition coefficient (Wildman–Crippen LogP) is 3.25. The van der Waals surface area contributed by atoms with Gasteiger partial charge >= 0.3 is 0 Å². The molecule has 0 unspecified atom stereocenters. The molecule has 0 amide bonds. The predicted molar refractivity (Wildman–Crippen MR) is 78.3 cm³/mol. The van der Waals surface area contributed by atoms with Gasteiger partial charge in [0.25, 0.3) is 0 Å². The van der Waals surface area contributed by atoms with E-state index in [1.165, 1.54) is 6.33 Å². The molecule has 1 aromatic carbocycles. The fraction of sp³-hybridized carbons (Fsp3) is 0.0833. The van der Waals surface area contributed by atoms with Crippen LogP contribution in [-0.2, 0) is 0 Å². The van der Waals surface area contributed by atoms with Crippen LogP contribution in [0.4, 0.5) is 0 Å². The van der Waals surface area contributed by atoms with E-state index in [2.05, 4.69) is 30.9 Å². The monoisotopic (exact) mass is 336 g/mol. The van der Waals surface area contributed by atoms with E-state index in [0.29, 0.717) is 21.8 Å². The van der Waals surface area contributed by atoms with Crippen LogP contribution in [-0.4, -0.2) is 26.6 Å². The lowest BCUT2D eigenvalue weighted by atomic mass is 10.3. The zero-order valence-corrected chi connectivity index (χ0v) is 12.3. The Hall–Kier alpha value is -1.73. The van der Waals surface area contributed by atoms with Gasteiger partial charge in [0.05, 0.1) is 12.8 Å². The van der Waals surface area contributed by atoms with E-state index in [1.807, 2.05) is 28.8 Å². The summed E-state index contributed by atoms with van der Waals surface area (Å²) in [5.74, 6) is 0.477. The number of aromatic nitrogens is 4. The van der Waals surface area contributed by atoms with Crippen LogP contribution in [0.1, 0.15) is 0 Å². The van der Waals surface area contributed by atoms with Crippen molar-refractivity contribution in [1.29, 1.82) is 0 Å². The van der Waals surface area contributed by atoms with Crippen LogP contribution in [0.2, 0.25) is 0 Å². The van der Waals surface area contributed by atoms with Gasteiger partial charge in [-0.3, -0.25) is 4.57 Å². The Labute approximate surface area is 122 Å². The van der Waals surface area contributed by atoms with E-state index in [1.54, 1.807) is 7.11 Å². The van der Waals surface area contributed by atoms with E-state index >= 15 is 0 Å². The van der Waals surface area contributed by atoms with Gasteiger partial charge < -0.3 is 9.72 Å². The quantitative estimate of drug-likeness (QED) is 0.730. The minimum Gasteiger partial charge on any atom is -0.479 e. The number of methoxy groups -OCH3 is 1. The summed E-state index contributed by atoms with van der Waals surface area (Å²) in [6.45, 7) is 0. The van der Waals surface area contributed by atoms with Crippen molar-refractivity contribution in [3.63, 3.8) is 0 Å². The van der Waals surface area contributed by atoms with Crippen LogP contribution in [0.3, 0.4) is 0 Å². The molecule has 3 rings (SSSR count). The molecule has 0 bridgehead atoms. The Bertz CT molecular complexity index is 811. The lowest BCUT2D eigenvalue weighted by molar-refractivity contribution is 0.401. The molecular weight excluding hydrogens is 328 g/mol. The van der Waals surface area contributed by atoms with Gasteiger partial charge in [-0.2, -0.15) is 4.98 Å². The highest BCUT2D eigenvalue weighted by Crippen LogP contribution is 2.24. The van der Waals surface area contributed by atoms with Crippen LogP contribution in [0, 0.1) is 4.77 Å². The molecule has 2 aromatic heterocycles. The standard InChI is InChI=1S/C12H9BrN4OS/c1-18-11-9-10(14-6-15-11)17(12(19)16-9)8-4-2-3-7(13)5-8/h2-6H,1H3,(H,16,19). The molecular formula is C12H9BrN4OS. The summed E-state index contributed by atoms with van der Waals surface area (Å²) in [5, 5.41) is 0. The molecule has 2 heterocycles. The number of hydrogen-bond acceptors (Lipinski definition) is 4. The van der Waals surface area contributed by atoms with Gasteiger partial charge in [0.2, 0.25) is 5.88 Å². The summed E-state index contributed by atoms with van der Waals surface area (Å²) in [5.41, 5.74) is 2.30. The molecule has 0 saturated carbocycles. The number of fused-ring (bicyclic) bond motifs is 1. The summed E-state index contributed by atoms with van der Waals surface area (Å²) in [7, 11) is 1.56. The molecule has 3 aromatic rings. The van der Waals surface area contributed by atoms with Crippen molar-refractivity contribution in [3.05, 3.63) is 39.8 Å². The second-order valence-electron chi connectivity index (χ2n) is 3.83. The molecule has 0 fully saturated rings. The topological polar surface area (TPSA) is 55.7 Å². The number of imidazole rings is 1. The van der Waals surface area contributed by atoms with Gasteiger partial charge in [0.1, 0.15) is 11.8 Å². The van der Waals surface area contributed by atoms with Crippen LogP contribution in [0.25, 0.3) is 16.9 Å². The maximum absolute atomic E-state index is 5.35. The number of nitrogens with one attached hydrogen (secondary N) is 1. The Morgan fingerprint density at radius 2 is 2.21 bits per heavy atom. The molecule has 1 N–H and O–H groups in total. The number of hydrogen-bond donors (Lipinski definition) is 1. The highest BCUT2D eigenvalue weighted by Gasteiger charge is 2.12. The zero-order chi connectivity index (χ0) is 13.4. The molecule has 19 heavy (non-hydrogen) atoms. The lowest BCUT2D eigenvalue weighted by Crippen LogP contribution is -1.96. The third-order valence-corrected chi connectivity index (χ3v) is 3.48. The first-order valence-electron chi connectivity index (χ1n) is 5.46. The third kappa shape index (κ3) is 2.04. The normalized spacial score (nSPS) is 10.8. The van der Waals surface area contributed by atoms with Gasteiger partial charge in [-0.15, -0.1) is 0 Å². The van der Waals surface area contributed by atoms with E-state index in [9.17, 15) is 0 Å². The van der Waals surface area contributed by atoms with Gasteiger partial charge in [-0.25, -0.2) is 4.98 Å². The lowest BCUT2D eigenvalue weighted by Gasteiger charge is -2.04. The maximum Gasteiger partial charge on any atom is 0.242 e. The molecule has 0 atom stereocenters. The second kappa shape index (κ2) is 4.75. The van der Waals surface area contributed by atoms with Crippen LogP contribution in [0.15, 0.2) is 35.1 Å². The number of halogens is 1. The van der Waals surface area contributed by atoms with Gasteiger partial charge in [0.15, 0.2) is 10.4 Å². The number of benzene rings is 1. The van der Waals surface area contributed by atoms with Crippen LogP contribution < -0.4 is 4.74 Å². The second-order valence-corrected chi connectivity index (χ2v) is 5.13. The van der Waals surface area contributed by atoms with Crippen LogP contribution >= 0.6 is 28.1 Å². The average Bonchev–Trinajstić information content (AvgIpc) is 2.74. The number of nitrogens with zero attached hydrogens (tertiary/aromatic N) is 3. The van der Waals surface area contributed by atoms with Crippen molar-refractivity contribution in [2.45, 2.75) is 0 Å². The van der Waals surface area contributed by atoms with Gasteiger partial charge in [-0.05, 0) is 30.4 Å². The number of rotatable bonds is 2. The van der Waals surface area contributed by atoms with Crippen molar-refractivity contribution in [1.82, 2.24) is 19.5 Å². The van der Waals surface area contributed by atoms with Crippen molar-refractivity contribution in [3.8, 4) is 11.6 Å². The van der Waals surface area contributed by atoms with Crippen molar-refractivity contribution in [2.75, 3.05) is 7.11 Å². The first-order valence-corrected chi connectivity index (χ1v) is 6.66. The summed E-state index contributed by atoms with van der Waals surface area (Å²) in [4.78, 5) is 11.4. The summed E-state index contributed by atoms with van der Waals surface area (Å²) in [6, 6.07) is 7.83. The van der Waals surface area contributed by atoms with Crippen molar-refractivity contribution in [2.24, 2.45) is 0 Å². The molecule has 0 aliphatic rings. The van der Waals surface area contributed by atoms with E-state index in [-0.39, 0.29) is 0 Å². The number of ether oxygens (including phenoxy) is 1. The number of aromatic amines is 1. The summed E-state index contributed by atoms with van der Waals surface area (Å²) >= 11 is 8.80. The smallest absolute Gasteiger partial charge is 0.242 e. The molecule has 0 aliphatic carbocycles.